The standard InChI is InChI=1S/C17H18FN3O2/c1-10-8-12-9-13(18)4-5-14(12)11(2)21(10)17(23)15-6-7-16(22)20(3)19-15/h4-7,9-11H,8H2,1-3H3/t10-,11+/m1/s1. The molecule has 6 heteroatoms. The van der Waals surface area contributed by atoms with Crippen molar-refractivity contribution in [1.29, 1.82) is 0 Å². The number of rotatable bonds is 1. The van der Waals surface area contributed by atoms with Crippen molar-refractivity contribution in [3.8, 4) is 0 Å². The number of aromatic nitrogens is 2. The van der Waals surface area contributed by atoms with E-state index in [1.54, 1.807) is 11.0 Å². The van der Waals surface area contributed by atoms with E-state index in [-0.39, 0.29) is 35.1 Å². The van der Waals surface area contributed by atoms with Crippen molar-refractivity contribution in [2.24, 2.45) is 7.05 Å². The molecule has 2 aromatic rings. The van der Waals surface area contributed by atoms with E-state index in [0.29, 0.717) is 6.42 Å². The molecule has 5 nitrogen and oxygen atoms in total. The highest BCUT2D eigenvalue weighted by Crippen LogP contribution is 2.34. The Balaban J connectivity index is 1.99. The van der Waals surface area contributed by atoms with Crippen LogP contribution >= 0.6 is 0 Å². The van der Waals surface area contributed by atoms with Gasteiger partial charge in [0.2, 0.25) is 0 Å². The second kappa shape index (κ2) is 5.61. The summed E-state index contributed by atoms with van der Waals surface area (Å²) in [4.78, 5) is 26.0. The number of carbonyl (C=O) groups excluding carboxylic acids is 1. The molecule has 0 spiro atoms. The number of hydrogen-bond acceptors (Lipinski definition) is 3. The Kier molecular flexibility index (Phi) is 3.75. The third-order valence-corrected chi connectivity index (χ3v) is 4.38. The van der Waals surface area contributed by atoms with E-state index in [2.05, 4.69) is 5.10 Å². The molecule has 0 unspecified atom stereocenters. The number of benzene rings is 1. The Morgan fingerprint density at radius 3 is 2.70 bits per heavy atom. The van der Waals surface area contributed by atoms with Crippen LogP contribution < -0.4 is 5.56 Å². The van der Waals surface area contributed by atoms with Crippen molar-refractivity contribution in [1.82, 2.24) is 14.7 Å². The van der Waals surface area contributed by atoms with Gasteiger partial charge in [0.1, 0.15) is 11.5 Å². The van der Waals surface area contributed by atoms with E-state index in [9.17, 15) is 14.0 Å². The minimum atomic E-state index is -0.262. The maximum Gasteiger partial charge on any atom is 0.275 e. The van der Waals surface area contributed by atoms with Crippen molar-refractivity contribution >= 4 is 5.91 Å². The first-order chi connectivity index (χ1) is 10.9. The van der Waals surface area contributed by atoms with Crippen LogP contribution in [0.25, 0.3) is 0 Å². The highest BCUT2D eigenvalue weighted by atomic mass is 19.1. The van der Waals surface area contributed by atoms with Crippen LogP contribution in [0.3, 0.4) is 0 Å². The summed E-state index contributed by atoms with van der Waals surface area (Å²) in [7, 11) is 1.51. The zero-order valence-electron chi connectivity index (χ0n) is 13.3. The maximum atomic E-state index is 13.4. The van der Waals surface area contributed by atoms with E-state index < -0.39 is 0 Å². The Morgan fingerprint density at radius 1 is 1.26 bits per heavy atom. The fourth-order valence-electron chi connectivity index (χ4n) is 3.23. The van der Waals surface area contributed by atoms with Gasteiger partial charge in [-0.1, -0.05) is 6.07 Å². The third kappa shape index (κ3) is 2.65. The van der Waals surface area contributed by atoms with Crippen LogP contribution in [0.15, 0.2) is 35.1 Å². The summed E-state index contributed by atoms with van der Waals surface area (Å²) in [5, 5.41) is 4.04. The van der Waals surface area contributed by atoms with Crippen LogP contribution in [0, 0.1) is 5.82 Å². The van der Waals surface area contributed by atoms with Crippen molar-refractivity contribution in [3.63, 3.8) is 0 Å². The average molecular weight is 315 g/mol. The quantitative estimate of drug-likeness (QED) is 0.809. The molecule has 0 saturated carbocycles. The van der Waals surface area contributed by atoms with Gasteiger partial charge < -0.3 is 4.90 Å². The zero-order valence-corrected chi connectivity index (χ0v) is 13.3. The molecule has 0 bridgehead atoms. The summed E-state index contributed by atoms with van der Waals surface area (Å²) < 4.78 is 14.6. The summed E-state index contributed by atoms with van der Waals surface area (Å²) in [5.41, 5.74) is 1.85. The van der Waals surface area contributed by atoms with Gasteiger partial charge in [-0.05, 0) is 49.6 Å². The smallest absolute Gasteiger partial charge is 0.275 e. The highest BCUT2D eigenvalue weighted by Gasteiger charge is 2.34. The number of hydrogen-bond donors (Lipinski definition) is 0. The monoisotopic (exact) mass is 315 g/mol. The van der Waals surface area contributed by atoms with Gasteiger partial charge in [-0.25, -0.2) is 9.07 Å². The molecule has 0 radical (unpaired) electrons. The number of aryl methyl sites for hydroxylation is 1. The molecule has 0 N–H and O–H groups in total. The number of nitrogens with zero attached hydrogens (tertiary/aromatic N) is 3. The first-order valence-electron chi connectivity index (χ1n) is 7.54. The van der Waals surface area contributed by atoms with Gasteiger partial charge in [0.05, 0.1) is 6.04 Å². The topological polar surface area (TPSA) is 55.2 Å². The molecule has 0 fully saturated rings. The van der Waals surface area contributed by atoms with Gasteiger partial charge in [0, 0.05) is 19.2 Å². The largest absolute Gasteiger partial charge is 0.327 e. The fraction of sp³-hybridized carbons (Fsp3) is 0.353. The molecule has 3 rings (SSSR count). The summed E-state index contributed by atoms with van der Waals surface area (Å²) in [6, 6.07) is 7.21. The van der Waals surface area contributed by atoms with Gasteiger partial charge in [-0.2, -0.15) is 5.10 Å². The van der Waals surface area contributed by atoms with Crippen LogP contribution in [0.5, 0.6) is 0 Å². The molecule has 0 aliphatic carbocycles. The van der Waals surface area contributed by atoms with Gasteiger partial charge in [-0.15, -0.1) is 0 Å². The van der Waals surface area contributed by atoms with E-state index in [1.165, 1.54) is 31.3 Å². The molecule has 2 atom stereocenters. The molecule has 23 heavy (non-hydrogen) atoms. The lowest BCUT2D eigenvalue weighted by Gasteiger charge is -2.40. The molecule has 1 aliphatic rings. The van der Waals surface area contributed by atoms with Gasteiger partial charge in [0.15, 0.2) is 0 Å². The van der Waals surface area contributed by atoms with Crippen LogP contribution in [0.2, 0.25) is 0 Å². The first kappa shape index (κ1) is 15.4. The molecule has 120 valence electrons. The maximum absolute atomic E-state index is 13.4. The number of halogens is 1. The molecule has 1 aromatic heterocycles. The van der Waals surface area contributed by atoms with E-state index in [0.717, 1.165) is 15.8 Å². The zero-order chi connectivity index (χ0) is 16.7. The van der Waals surface area contributed by atoms with Gasteiger partial charge >= 0.3 is 0 Å². The Labute approximate surface area is 133 Å². The molecule has 1 aromatic carbocycles. The first-order valence-corrected chi connectivity index (χ1v) is 7.54. The Bertz CT molecular complexity index is 831. The Hall–Kier alpha value is -2.50. The Morgan fingerprint density at radius 2 is 2.00 bits per heavy atom. The lowest BCUT2D eigenvalue weighted by molar-refractivity contribution is 0.0571. The van der Waals surface area contributed by atoms with E-state index >= 15 is 0 Å². The SMILES string of the molecule is C[C@@H]1Cc2cc(F)ccc2[C@H](C)N1C(=O)c1ccc(=O)n(C)n1. The summed E-state index contributed by atoms with van der Waals surface area (Å²) in [6.45, 7) is 3.86. The molecular weight excluding hydrogens is 297 g/mol. The van der Waals surface area contributed by atoms with Gasteiger partial charge in [-0.3, -0.25) is 9.59 Å². The van der Waals surface area contributed by atoms with Crippen LogP contribution in [0.1, 0.15) is 41.5 Å². The molecule has 1 amide bonds. The predicted molar refractivity (Wildman–Crippen MR) is 83.6 cm³/mol. The van der Waals surface area contributed by atoms with Crippen LogP contribution in [-0.2, 0) is 13.5 Å². The number of amides is 1. The predicted octanol–water partition coefficient (Wildman–Crippen LogP) is 2.07. The summed E-state index contributed by atoms with van der Waals surface area (Å²) >= 11 is 0. The minimum Gasteiger partial charge on any atom is -0.327 e. The molecular formula is C17H18FN3O2. The number of carbonyl (C=O) groups is 1. The van der Waals surface area contributed by atoms with E-state index in [1.807, 2.05) is 13.8 Å². The molecule has 2 heterocycles. The van der Waals surface area contributed by atoms with E-state index in [4.69, 9.17) is 0 Å². The van der Waals surface area contributed by atoms with Crippen molar-refractivity contribution in [3.05, 3.63) is 63.3 Å². The highest BCUT2D eigenvalue weighted by molar-refractivity contribution is 5.92. The minimum absolute atomic E-state index is 0.0779. The van der Waals surface area contributed by atoms with Crippen molar-refractivity contribution in [2.75, 3.05) is 0 Å². The lowest BCUT2D eigenvalue weighted by atomic mass is 9.89. The van der Waals surface area contributed by atoms with Crippen molar-refractivity contribution in [2.45, 2.75) is 32.4 Å². The van der Waals surface area contributed by atoms with Crippen LogP contribution in [0.4, 0.5) is 4.39 Å². The van der Waals surface area contributed by atoms with Crippen molar-refractivity contribution < 1.29 is 9.18 Å². The van der Waals surface area contributed by atoms with Crippen LogP contribution in [-0.4, -0.2) is 26.6 Å². The second-order valence-corrected chi connectivity index (χ2v) is 5.97. The van der Waals surface area contributed by atoms with Gasteiger partial charge in [0.25, 0.3) is 11.5 Å². The number of fused-ring (bicyclic) bond motifs is 1. The lowest BCUT2D eigenvalue weighted by Crippen LogP contribution is -2.45. The normalized spacial score (nSPS) is 20.3. The summed E-state index contributed by atoms with van der Waals surface area (Å²) in [5.74, 6) is -0.488. The summed E-state index contributed by atoms with van der Waals surface area (Å²) in [6.07, 6.45) is 0.592. The fourth-order valence-corrected chi connectivity index (χ4v) is 3.23. The second-order valence-electron chi connectivity index (χ2n) is 5.97. The average Bonchev–Trinajstić information content (AvgIpc) is 2.49. The molecule has 1 aliphatic heterocycles. The molecule has 0 saturated heterocycles. The third-order valence-electron chi connectivity index (χ3n) is 4.38.